The van der Waals surface area contributed by atoms with Crippen LogP contribution in [0, 0.1) is 0 Å². The van der Waals surface area contributed by atoms with Gasteiger partial charge in [0.2, 0.25) is 0 Å². The first-order valence-corrected chi connectivity index (χ1v) is 8.93. The first-order valence-electron chi connectivity index (χ1n) is 8.14. The smallest absolute Gasteiger partial charge is 0.323 e. The minimum Gasteiger partial charge on any atom is -0.378 e. The van der Waals surface area contributed by atoms with Gasteiger partial charge in [-0.05, 0) is 35.9 Å². The minimum atomic E-state index is -0.269. The zero-order valence-electron chi connectivity index (χ0n) is 13.7. The van der Waals surface area contributed by atoms with E-state index in [-0.39, 0.29) is 6.03 Å². The summed E-state index contributed by atoms with van der Waals surface area (Å²) < 4.78 is 6.41. The molecule has 0 aliphatic carbocycles. The molecule has 1 heterocycles. The Balaban J connectivity index is 1.60. The largest absolute Gasteiger partial charge is 0.378 e. The molecule has 1 aliphatic heterocycles. The van der Waals surface area contributed by atoms with Crippen LogP contribution in [0.4, 0.5) is 16.2 Å². The highest BCUT2D eigenvalue weighted by molar-refractivity contribution is 9.10. The number of amides is 2. The fourth-order valence-electron chi connectivity index (χ4n) is 2.61. The summed E-state index contributed by atoms with van der Waals surface area (Å²) in [4.78, 5) is 14.4. The average Bonchev–Trinajstić information content (AvgIpc) is 2.64. The van der Waals surface area contributed by atoms with Gasteiger partial charge in [-0.3, -0.25) is 0 Å². The van der Waals surface area contributed by atoms with Crippen molar-refractivity contribution in [3.05, 3.63) is 64.8 Å². The van der Waals surface area contributed by atoms with E-state index < -0.39 is 0 Å². The molecule has 0 atom stereocenters. The Bertz CT molecular complexity index is 741. The molecule has 2 amide bonds. The van der Waals surface area contributed by atoms with Gasteiger partial charge in [-0.25, -0.2) is 4.79 Å². The van der Waals surface area contributed by atoms with Gasteiger partial charge in [0, 0.05) is 23.8 Å². The van der Waals surface area contributed by atoms with Crippen LogP contribution in [0.5, 0.6) is 0 Å². The van der Waals surface area contributed by atoms with Crippen molar-refractivity contribution in [3.63, 3.8) is 0 Å². The van der Waals surface area contributed by atoms with E-state index in [1.54, 1.807) is 6.20 Å². The van der Waals surface area contributed by atoms with Crippen LogP contribution in [0.25, 0.3) is 6.08 Å². The number of nitrogens with zero attached hydrogens (tertiary/aromatic N) is 1. The second-order valence-corrected chi connectivity index (χ2v) is 6.52. The molecule has 2 aromatic carbocycles. The summed E-state index contributed by atoms with van der Waals surface area (Å²) in [5, 5.41) is 5.65. The molecule has 0 spiro atoms. The van der Waals surface area contributed by atoms with Crippen LogP contribution in [0.2, 0.25) is 0 Å². The van der Waals surface area contributed by atoms with Crippen molar-refractivity contribution >= 4 is 39.4 Å². The standard InChI is InChI=1S/C19H20BrN3O2/c20-16-7-5-15(6-8-16)9-10-21-19(24)22-17-3-1-2-4-18(17)23-11-13-25-14-12-23/h1-10H,11-14H2,(H2,21,22,24)/b10-9+. The molecular weight excluding hydrogens is 382 g/mol. The monoisotopic (exact) mass is 401 g/mol. The predicted octanol–water partition coefficient (Wildman–Crippen LogP) is 4.08. The maximum atomic E-state index is 12.2. The highest BCUT2D eigenvalue weighted by Crippen LogP contribution is 2.26. The first-order chi connectivity index (χ1) is 12.2. The number of hydrogen-bond acceptors (Lipinski definition) is 3. The zero-order valence-corrected chi connectivity index (χ0v) is 15.3. The number of carbonyl (C=O) groups excluding carboxylic acids is 1. The Kier molecular flexibility index (Phi) is 6.09. The number of urea groups is 1. The van der Waals surface area contributed by atoms with Crippen LogP contribution >= 0.6 is 15.9 Å². The van der Waals surface area contributed by atoms with Gasteiger partial charge in [-0.15, -0.1) is 0 Å². The topological polar surface area (TPSA) is 53.6 Å². The molecule has 130 valence electrons. The van der Waals surface area contributed by atoms with E-state index >= 15 is 0 Å². The molecule has 0 bridgehead atoms. The van der Waals surface area contributed by atoms with Crippen molar-refractivity contribution in [2.45, 2.75) is 0 Å². The zero-order chi connectivity index (χ0) is 17.5. The number of morpholine rings is 1. The average molecular weight is 402 g/mol. The predicted molar refractivity (Wildman–Crippen MR) is 105 cm³/mol. The van der Waals surface area contributed by atoms with Gasteiger partial charge in [-0.2, -0.15) is 0 Å². The van der Waals surface area contributed by atoms with Gasteiger partial charge < -0.3 is 20.3 Å². The normalized spacial score (nSPS) is 14.5. The highest BCUT2D eigenvalue weighted by atomic mass is 79.9. The molecule has 25 heavy (non-hydrogen) atoms. The van der Waals surface area contributed by atoms with Crippen molar-refractivity contribution in [3.8, 4) is 0 Å². The molecule has 0 unspecified atom stereocenters. The lowest BCUT2D eigenvalue weighted by atomic mass is 10.2. The summed E-state index contributed by atoms with van der Waals surface area (Å²) in [5.74, 6) is 0. The second-order valence-electron chi connectivity index (χ2n) is 5.60. The van der Waals surface area contributed by atoms with Gasteiger partial charge >= 0.3 is 6.03 Å². The molecule has 3 rings (SSSR count). The van der Waals surface area contributed by atoms with Crippen molar-refractivity contribution in [1.82, 2.24) is 5.32 Å². The number of nitrogens with one attached hydrogen (secondary N) is 2. The lowest BCUT2D eigenvalue weighted by molar-refractivity contribution is 0.123. The third kappa shape index (κ3) is 5.08. The van der Waals surface area contributed by atoms with Crippen LogP contribution < -0.4 is 15.5 Å². The van der Waals surface area contributed by atoms with Gasteiger partial charge in [0.05, 0.1) is 24.6 Å². The summed E-state index contributed by atoms with van der Waals surface area (Å²) >= 11 is 3.40. The Hall–Kier alpha value is -2.31. The van der Waals surface area contributed by atoms with Crippen molar-refractivity contribution < 1.29 is 9.53 Å². The number of carbonyl (C=O) groups is 1. The number of anilines is 2. The Labute approximate surface area is 155 Å². The molecule has 1 aliphatic rings. The fraction of sp³-hybridized carbons (Fsp3) is 0.211. The van der Waals surface area contributed by atoms with Crippen molar-refractivity contribution in [2.24, 2.45) is 0 Å². The van der Waals surface area contributed by atoms with E-state index in [2.05, 4.69) is 31.5 Å². The summed E-state index contributed by atoms with van der Waals surface area (Å²) in [7, 11) is 0. The molecule has 2 N–H and O–H groups in total. The fourth-order valence-corrected chi connectivity index (χ4v) is 2.87. The van der Waals surface area contributed by atoms with Crippen LogP contribution in [0.3, 0.4) is 0 Å². The van der Waals surface area contributed by atoms with Crippen LogP contribution in [0.15, 0.2) is 59.2 Å². The van der Waals surface area contributed by atoms with Crippen molar-refractivity contribution in [2.75, 3.05) is 36.5 Å². The van der Waals surface area contributed by atoms with E-state index in [1.807, 2.05) is 54.6 Å². The SMILES string of the molecule is O=C(N/C=C/c1ccc(Br)cc1)Nc1ccccc1N1CCOCC1. The Morgan fingerprint density at radius 1 is 1.08 bits per heavy atom. The van der Waals surface area contributed by atoms with Crippen molar-refractivity contribution in [1.29, 1.82) is 0 Å². The summed E-state index contributed by atoms with van der Waals surface area (Å²) in [6.45, 7) is 3.06. The maximum Gasteiger partial charge on any atom is 0.323 e. The first kappa shape index (κ1) is 17.5. The lowest BCUT2D eigenvalue weighted by Crippen LogP contribution is -2.37. The molecule has 0 radical (unpaired) electrons. The molecule has 0 saturated carbocycles. The number of rotatable bonds is 4. The van der Waals surface area contributed by atoms with Crippen LogP contribution in [-0.2, 0) is 4.74 Å². The number of halogens is 1. The quantitative estimate of drug-likeness (QED) is 0.811. The van der Waals surface area contributed by atoms with Gasteiger partial charge in [-0.1, -0.05) is 40.2 Å². The molecule has 1 saturated heterocycles. The maximum absolute atomic E-state index is 12.2. The molecule has 5 nitrogen and oxygen atoms in total. The van der Waals surface area contributed by atoms with E-state index in [0.717, 1.165) is 34.5 Å². The number of ether oxygens (including phenoxy) is 1. The van der Waals surface area contributed by atoms with Crippen LogP contribution in [0.1, 0.15) is 5.56 Å². The number of hydrogen-bond donors (Lipinski definition) is 2. The molecular formula is C19H20BrN3O2. The molecule has 1 fully saturated rings. The van der Waals surface area contributed by atoms with E-state index in [4.69, 9.17) is 4.74 Å². The van der Waals surface area contributed by atoms with E-state index in [0.29, 0.717) is 13.2 Å². The Morgan fingerprint density at radius 2 is 1.80 bits per heavy atom. The summed E-state index contributed by atoms with van der Waals surface area (Å²) in [6.07, 6.45) is 3.48. The third-order valence-corrected chi connectivity index (χ3v) is 4.39. The van der Waals surface area contributed by atoms with E-state index in [1.165, 1.54) is 0 Å². The lowest BCUT2D eigenvalue weighted by Gasteiger charge is -2.30. The van der Waals surface area contributed by atoms with Gasteiger partial charge in [0.1, 0.15) is 0 Å². The molecule has 6 heteroatoms. The molecule has 2 aromatic rings. The minimum absolute atomic E-state index is 0.269. The van der Waals surface area contributed by atoms with E-state index in [9.17, 15) is 4.79 Å². The highest BCUT2D eigenvalue weighted by Gasteiger charge is 2.15. The number of benzene rings is 2. The summed E-state index contributed by atoms with van der Waals surface area (Å²) in [5.41, 5.74) is 2.81. The second kappa shape index (κ2) is 8.69. The Morgan fingerprint density at radius 3 is 2.56 bits per heavy atom. The van der Waals surface area contributed by atoms with Gasteiger partial charge in [0.15, 0.2) is 0 Å². The summed E-state index contributed by atoms with van der Waals surface area (Å²) in [6, 6.07) is 15.4. The molecule has 0 aromatic heterocycles. The number of para-hydroxylation sites is 2. The third-order valence-electron chi connectivity index (χ3n) is 3.86. The van der Waals surface area contributed by atoms with Gasteiger partial charge in [0.25, 0.3) is 0 Å². The van der Waals surface area contributed by atoms with Crippen LogP contribution in [-0.4, -0.2) is 32.3 Å².